The van der Waals surface area contributed by atoms with Gasteiger partial charge in [-0.25, -0.2) is 9.97 Å². The molecular formula is C15H24N4O3. The van der Waals surface area contributed by atoms with Gasteiger partial charge in [0, 0.05) is 33.1 Å². The first-order valence-electron chi connectivity index (χ1n) is 7.51. The van der Waals surface area contributed by atoms with Gasteiger partial charge < -0.3 is 19.6 Å². The molecule has 122 valence electrons. The van der Waals surface area contributed by atoms with Crippen molar-refractivity contribution < 1.29 is 14.6 Å². The van der Waals surface area contributed by atoms with E-state index in [4.69, 9.17) is 4.74 Å². The quantitative estimate of drug-likeness (QED) is 0.814. The number of piperidine rings is 1. The number of rotatable bonds is 6. The van der Waals surface area contributed by atoms with Crippen LogP contribution in [0.1, 0.15) is 19.3 Å². The second-order valence-corrected chi connectivity index (χ2v) is 5.79. The lowest BCUT2D eigenvalue weighted by Gasteiger charge is -2.41. The molecule has 1 aliphatic heterocycles. The Morgan fingerprint density at radius 1 is 1.50 bits per heavy atom. The smallest absolute Gasteiger partial charge is 0.225 e. The SMILES string of the molecule is COCCC(=O)N(C)C[C@]1(O)CCCN(c2ncccn2)C1. The monoisotopic (exact) mass is 308 g/mol. The van der Waals surface area contributed by atoms with E-state index < -0.39 is 5.60 Å². The molecule has 1 aromatic heterocycles. The van der Waals surface area contributed by atoms with Gasteiger partial charge in [0.2, 0.25) is 11.9 Å². The van der Waals surface area contributed by atoms with Gasteiger partial charge in [-0.1, -0.05) is 0 Å². The molecule has 1 saturated heterocycles. The first-order valence-corrected chi connectivity index (χ1v) is 7.51. The normalized spacial score (nSPS) is 21.7. The fourth-order valence-electron chi connectivity index (χ4n) is 2.78. The lowest BCUT2D eigenvalue weighted by Crippen LogP contribution is -2.55. The zero-order valence-corrected chi connectivity index (χ0v) is 13.2. The molecule has 0 spiro atoms. The minimum absolute atomic E-state index is 0.0247. The van der Waals surface area contributed by atoms with Crippen molar-refractivity contribution in [1.29, 1.82) is 0 Å². The van der Waals surface area contributed by atoms with Gasteiger partial charge in [0.25, 0.3) is 0 Å². The molecule has 1 N–H and O–H groups in total. The molecule has 7 heteroatoms. The van der Waals surface area contributed by atoms with E-state index in [0.717, 1.165) is 13.0 Å². The molecule has 1 amide bonds. The Hall–Kier alpha value is -1.73. The lowest BCUT2D eigenvalue weighted by atomic mass is 9.92. The Bertz CT molecular complexity index is 485. The van der Waals surface area contributed by atoms with Crippen molar-refractivity contribution in [3.05, 3.63) is 18.5 Å². The molecule has 1 aliphatic rings. The molecule has 7 nitrogen and oxygen atoms in total. The van der Waals surface area contributed by atoms with Crippen LogP contribution in [-0.4, -0.2) is 71.9 Å². The van der Waals surface area contributed by atoms with Gasteiger partial charge in [0.05, 0.1) is 31.7 Å². The van der Waals surface area contributed by atoms with Gasteiger partial charge >= 0.3 is 0 Å². The van der Waals surface area contributed by atoms with Crippen LogP contribution >= 0.6 is 0 Å². The second kappa shape index (κ2) is 7.51. The molecule has 0 aliphatic carbocycles. The average molecular weight is 308 g/mol. The molecule has 2 rings (SSSR count). The van der Waals surface area contributed by atoms with E-state index in [9.17, 15) is 9.90 Å². The third-order valence-electron chi connectivity index (χ3n) is 3.87. The Kier molecular flexibility index (Phi) is 5.68. The van der Waals surface area contributed by atoms with E-state index in [1.54, 1.807) is 37.5 Å². The predicted molar refractivity (Wildman–Crippen MR) is 82.6 cm³/mol. The zero-order chi connectivity index (χ0) is 16.0. The molecule has 0 unspecified atom stereocenters. The van der Waals surface area contributed by atoms with Crippen molar-refractivity contribution in [3.63, 3.8) is 0 Å². The van der Waals surface area contributed by atoms with Crippen LogP contribution in [0, 0.1) is 0 Å². The maximum absolute atomic E-state index is 12.0. The van der Waals surface area contributed by atoms with Crippen LogP contribution < -0.4 is 4.90 Å². The topological polar surface area (TPSA) is 78.8 Å². The number of nitrogens with zero attached hydrogens (tertiary/aromatic N) is 4. The van der Waals surface area contributed by atoms with Gasteiger partial charge in [0.15, 0.2) is 0 Å². The highest BCUT2D eigenvalue weighted by molar-refractivity contribution is 5.76. The van der Waals surface area contributed by atoms with Gasteiger partial charge in [-0.05, 0) is 18.9 Å². The van der Waals surface area contributed by atoms with Crippen LogP contribution in [0.5, 0.6) is 0 Å². The fourth-order valence-corrected chi connectivity index (χ4v) is 2.78. The summed E-state index contributed by atoms with van der Waals surface area (Å²) in [4.78, 5) is 24.0. The highest BCUT2D eigenvalue weighted by Gasteiger charge is 2.36. The number of amides is 1. The standard InChI is InChI=1S/C15H24N4O3/c1-18(13(20)5-10-22-2)11-15(21)6-3-9-19(12-15)14-16-7-4-8-17-14/h4,7-8,21H,3,5-6,9-12H2,1-2H3/t15-/m1/s1. The molecule has 22 heavy (non-hydrogen) atoms. The van der Waals surface area contributed by atoms with E-state index in [1.807, 2.05) is 4.90 Å². The molecule has 0 radical (unpaired) electrons. The van der Waals surface area contributed by atoms with Crippen molar-refractivity contribution in [2.45, 2.75) is 24.9 Å². The largest absolute Gasteiger partial charge is 0.386 e. The van der Waals surface area contributed by atoms with Crippen molar-refractivity contribution in [3.8, 4) is 0 Å². The molecule has 0 saturated carbocycles. The van der Waals surface area contributed by atoms with Crippen LogP contribution in [0.4, 0.5) is 5.95 Å². The Morgan fingerprint density at radius 3 is 2.91 bits per heavy atom. The maximum Gasteiger partial charge on any atom is 0.225 e. The molecule has 2 heterocycles. The number of hydrogen-bond donors (Lipinski definition) is 1. The summed E-state index contributed by atoms with van der Waals surface area (Å²) in [6, 6.07) is 1.77. The number of ether oxygens (including phenoxy) is 1. The summed E-state index contributed by atoms with van der Waals surface area (Å²) in [5.41, 5.74) is -0.936. The molecule has 0 aromatic carbocycles. The minimum Gasteiger partial charge on any atom is -0.386 e. The number of carbonyl (C=O) groups excluding carboxylic acids is 1. The van der Waals surface area contributed by atoms with Crippen molar-refractivity contribution >= 4 is 11.9 Å². The Morgan fingerprint density at radius 2 is 2.23 bits per heavy atom. The summed E-state index contributed by atoms with van der Waals surface area (Å²) in [7, 11) is 3.29. The van der Waals surface area contributed by atoms with Crippen LogP contribution in [0.15, 0.2) is 18.5 Å². The number of likely N-dealkylation sites (N-methyl/N-ethyl adjacent to an activating group) is 1. The van der Waals surface area contributed by atoms with Gasteiger partial charge in [-0.3, -0.25) is 4.79 Å². The summed E-state index contributed by atoms with van der Waals surface area (Å²) in [6.45, 7) is 1.94. The number of aromatic nitrogens is 2. The Balaban J connectivity index is 1.96. The molecule has 1 fully saturated rings. The van der Waals surface area contributed by atoms with Crippen LogP contribution in [0.25, 0.3) is 0 Å². The van der Waals surface area contributed by atoms with Crippen molar-refractivity contribution in [2.75, 3.05) is 45.3 Å². The van der Waals surface area contributed by atoms with E-state index in [-0.39, 0.29) is 5.91 Å². The summed E-state index contributed by atoms with van der Waals surface area (Å²) in [6.07, 6.45) is 5.22. The van der Waals surface area contributed by atoms with E-state index in [1.165, 1.54) is 0 Å². The van der Waals surface area contributed by atoms with Gasteiger partial charge in [-0.2, -0.15) is 0 Å². The number of β-amino-alcohol motifs (C(OH)–C–C–N with tert-alkyl or cyclic N) is 1. The number of aliphatic hydroxyl groups is 1. The summed E-state index contributed by atoms with van der Waals surface area (Å²) in [5.74, 6) is 0.595. The predicted octanol–water partition coefficient (Wildman–Crippen LogP) is 0.303. The maximum atomic E-state index is 12.0. The van der Waals surface area contributed by atoms with E-state index >= 15 is 0 Å². The van der Waals surface area contributed by atoms with E-state index in [0.29, 0.717) is 38.5 Å². The number of anilines is 1. The lowest BCUT2D eigenvalue weighted by molar-refractivity contribution is -0.134. The average Bonchev–Trinajstić information content (AvgIpc) is 2.53. The van der Waals surface area contributed by atoms with Crippen LogP contribution in [0.3, 0.4) is 0 Å². The summed E-state index contributed by atoms with van der Waals surface area (Å²) < 4.78 is 4.92. The van der Waals surface area contributed by atoms with Crippen molar-refractivity contribution in [2.24, 2.45) is 0 Å². The molecule has 1 atom stereocenters. The van der Waals surface area contributed by atoms with Crippen molar-refractivity contribution in [1.82, 2.24) is 14.9 Å². The molecule has 0 bridgehead atoms. The minimum atomic E-state index is -0.936. The Labute approximate surface area is 130 Å². The summed E-state index contributed by atoms with van der Waals surface area (Å²) in [5, 5.41) is 10.8. The van der Waals surface area contributed by atoms with Gasteiger partial charge in [0.1, 0.15) is 0 Å². The highest BCUT2D eigenvalue weighted by atomic mass is 16.5. The number of carbonyl (C=O) groups is 1. The number of hydrogen-bond acceptors (Lipinski definition) is 6. The van der Waals surface area contributed by atoms with Crippen LogP contribution in [0.2, 0.25) is 0 Å². The first kappa shape index (κ1) is 16.6. The molecule has 1 aromatic rings. The van der Waals surface area contributed by atoms with E-state index in [2.05, 4.69) is 9.97 Å². The highest BCUT2D eigenvalue weighted by Crippen LogP contribution is 2.24. The zero-order valence-electron chi connectivity index (χ0n) is 13.2. The third kappa shape index (κ3) is 4.38. The van der Waals surface area contributed by atoms with Gasteiger partial charge in [-0.15, -0.1) is 0 Å². The first-order chi connectivity index (χ1) is 10.5. The third-order valence-corrected chi connectivity index (χ3v) is 3.87. The second-order valence-electron chi connectivity index (χ2n) is 5.79. The van der Waals surface area contributed by atoms with Crippen LogP contribution in [-0.2, 0) is 9.53 Å². The number of methoxy groups -OCH3 is 1. The fraction of sp³-hybridized carbons (Fsp3) is 0.667. The molecular weight excluding hydrogens is 284 g/mol. The summed E-state index contributed by atoms with van der Waals surface area (Å²) >= 11 is 0.